The van der Waals surface area contributed by atoms with Gasteiger partial charge in [0.1, 0.15) is 22.6 Å². The van der Waals surface area contributed by atoms with Crippen LogP contribution in [0.5, 0.6) is 23.0 Å². The summed E-state index contributed by atoms with van der Waals surface area (Å²) >= 11 is 0. The number of esters is 2. The van der Waals surface area contributed by atoms with Crippen LogP contribution >= 0.6 is 0 Å². The SMILES string of the molecule is O=C(C=Cc1ccc(OCCC2CO2)c(F)c1)Oc1ccc(OC(=O)C=Cc2ccc(OCCC3CO3)c(F)c2)c(C(F)(F)F)c1C(F)(F)F. The normalized spacial score (nSPS) is 17.2. The van der Waals surface area contributed by atoms with E-state index in [4.69, 9.17) is 18.9 Å². The molecular formula is C34H26F8O8. The zero-order valence-electron chi connectivity index (χ0n) is 25.6. The topological polar surface area (TPSA) is 96.1 Å². The molecule has 0 N–H and O–H groups in total. The molecule has 3 aromatic rings. The van der Waals surface area contributed by atoms with Crippen LogP contribution in [0.3, 0.4) is 0 Å². The number of carbonyl (C=O) groups is 2. The zero-order chi connectivity index (χ0) is 36.1. The van der Waals surface area contributed by atoms with Gasteiger partial charge in [-0.1, -0.05) is 12.1 Å². The number of hydrogen-bond donors (Lipinski definition) is 0. The van der Waals surface area contributed by atoms with Crippen molar-refractivity contribution >= 4 is 24.1 Å². The number of benzene rings is 3. The molecule has 2 aliphatic heterocycles. The predicted molar refractivity (Wildman–Crippen MR) is 158 cm³/mol. The van der Waals surface area contributed by atoms with Crippen molar-refractivity contribution in [2.75, 3.05) is 26.4 Å². The van der Waals surface area contributed by atoms with Crippen LogP contribution in [0.2, 0.25) is 0 Å². The Balaban J connectivity index is 1.28. The lowest BCUT2D eigenvalue weighted by molar-refractivity contribution is -0.164. The van der Waals surface area contributed by atoms with Crippen molar-refractivity contribution in [2.24, 2.45) is 0 Å². The second-order valence-corrected chi connectivity index (χ2v) is 10.9. The van der Waals surface area contributed by atoms with Crippen LogP contribution in [0, 0.1) is 11.6 Å². The molecule has 2 saturated heterocycles. The molecule has 50 heavy (non-hydrogen) atoms. The van der Waals surface area contributed by atoms with E-state index in [0.29, 0.717) is 50.3 Å². The minimum Gasteiger partial charge on any atom is -0.490 e. The van der Waals surface area contributed by atoms with Gasteiger partial charge in [0.05, 0.1) is 38.6 Å². The minimum atomic E-state index is -5.75. The van der Waals surface area contributed by atoms with Gasteiger partial charge in [-0.05, 0) is 59.7 Å². The van der Waals surface area contributed by atoms with Crippen molar-refractivity contribution in [3.8, 4) is 23.0 Å². The molecule has 8 nitrogen and oxygen atoms in total. The highest BCUT2D eigenvalue weighted by Crippen LogP contribution is 2.49. The van der Waals surface area contributed by atoms with Crippen LogP contribution in [-0.4, -0.2) is 50.6 Å². The van der Waals surface area contributed by atoms with Crippen LogP contribution in [0.25, 0.3) is 12.2 Å². The highest BCUT2D eigenvalue weighted by molar-refractivity contribution is 5.90. The van der Waals surface area contributed by atoms with E-state index in [-0.39, 0.29) is 48.0 Å². The molecule has 266 valence electrons. The highest BCUT2D eigenvalue weighted by Gasteiger charge is 2.48. The lowest BCUT2D eigenvalue weighted by Crippen LogP contribution is -2.21. The lowest BCUT2D eigenvalue weighted by Gasteiger charge is -2.21. The molecule has 3 aromatic carbocycles. The summed E-state index contributed by atoms with van der Waals surface area (Å²) < 4.78 is 143. The van der Waals surface area contributed by atoms with E-state index < -0.39 is 58.6 Å². The van der Waals surface area contributed by atoms with Crippen LogP contribution in [0.15, 0.2) is 60.7 Å². The Morgan fingerprint density at radius 1 is 0.640 bits per heavy atom. The first-order valence-electron chi connectivity index (χ1n) is 14.9. The summed E-state index contributed by atoms with van der Waals surface area (Å²) in [6, 6.07) is 7.80. The second kappa shape index (κ2) is 15.3. The van der Waals surface area contributed by atoms with Crippen molar-refractivity contribution in [1.29, 1.82) is 0 Å². The third-order valence-corrected chi connectivity index (χ3v) is 7.05. The fourth-order valence-corrected chi connectivity index (χ4v) is 4.46. The first-order valence-corrected chi connectivity index (χ1v) is 14.9. The Labute approximate surface area is 278 Å². The lowest BCUT2D eigenvalue weighted by atomic mass is 10.0. The van der Waals surface area contributed by atoms with Crippen molar-refractivity contribution in [3.05, 3.63) is 94.6 Å². The van der Waals surface area contributed by atoms with E-state index in [0.717, 1.165) is 24.3 Å². The summed E-state index contributed by atoms with van der Waals surface area (Å²) in [6.45, 7) is 1.56. The van der Waals surface area contributed by atoms with Crippen LogP contribution in [-0.2, 0) is 31.4 Å². The fourth-order valence-electron chi connectivity index (χ4n) is 4.46. The summed E-state index contributed by atoms with van der Waals surface area (Å²) in [4.78, 5) is 24.8. The molecule has 2 heterocycles. The summed E-state index contributed by atoms with van der Waals surface area (Å²) in [5, 5.41) is 0. The van der Waals surface area contributed by atoms with Gasteiger partial charge in [-0.2, -0.15) is 26.3 Å². The van der Waals surface area contributed by atoms with E-state index in [1.54, 1.807) is 0 Å². The maximum Gasteiger partial charge on any atom is 0.420 e. The first kappa shape index (κ1) is 36.3. The Morgan fingerprint density at radius 3 is 1.32 bits per heavy atom. The third kappa shape index (κ3) is 10.3. The smallest absolute Gasteiger partial charge is 0.420 e. The summed E-state index contributed by atoms with van der Waals surface area (Å²) in [5.74, 6) is -7.93. The van der Waals surface area contributed by atoms with Gasteiger partial charge in [-0.3, -0.25) is 0 Å². The van der Waals surface area contributed by atoms with Crippen LogP contribution < -0.4 is 18.9 Å². The monoisotopic (exact) mass is 714 g/mol. The van der Waals surface area contributed by atoms with Gasteiger partial charge >= 0.3 is 24.3 Å². The van der Waals surface area contributed by atoms with E-state index in [1.807, 2.05) is 0 Å². The molecule has 0 aromatic heterocycles. The second-order valence-electron chi connectivity index (χ2n) is 10.9. The number of alkyl halides is 6. The molecular weight excluding hydrogens is 688 g/mol. The van der Waals surface area contributed by atoms with Gasteiger partial charge < -0.3 is 28.4 Å². The quantitative estimate of drug-likeness (QED) is 0.0555. The number of halogens is 8. The number of rotatable bonds is 14. The van der Waals surface area contributed by atoms with Gasteiger partial charge in [-0.25, -0.2) is 18.4 Å². The Kier molecular flexibility index (Phi) is 11.1. The number of ether oxygens (including phenoxy) is 6. The summed E-state index contributed by atoms with van der Waals surface area (Å²) in [6.07, 6.45) is -7.19. The molecule has 0 amide bonds. The maximum atomic E-state index is 14.4. The van der Waals surface area contributed by atoms with Crippen molar-refractivity contribution < 1.29 is 73.1 Å². The van der Waals surface area contributed by atoms with E-state index in [2.05, 4.69) is 9.47 Å². The zero-order valence-corrected chi connectivity index (χ0v) is 25.6. The van der Waals surface area contributed by atoms with E-state index in [1.165, 1.54) is 24.3 Å². The molecule has 0 radical (unpaired) electrons. The molecule has 0 bridgehead atoms. The average molecular weight is 715 g/mol. The van der Waals surface area contributed by atoms with Gasteiger partial charge in [0, 0.05) is 25.0 Å². The van der Waals surface area contributed by atoms with Crippen molar-refractivity contribution in [1.82, 2.24) is 0 Å². The number of hydrogen-bond acceptors (Lipinski definition) is 8. The van der Waals surface area contributed by atoms with Gasteiger partial charge in [-0.15, -0.1) is 0 Å². The predicted octanol–water partition coefficient (Wildman–Crippen LogP) is 7.58. The number of epoxide rings is 2. The summed E-state index contributed by atoms with van der Waals surface area (Å²) in [5.41, 5.74) is -4.75. The minimum absolute atomic E-state index is 0.0612. The molecule has 0 saturated carbocycles. The average Bonchev–Trinajstić information content (AvgIpc) is 3.97. The van der Waals surface area contributed by atoms with Crippen molar-refractivity contribution in [2.45, 2.75) is 37.4 Å². The Morgan fingerprint density at radius 2 is 1.00 bits per heavy atom. The summed E-state index contributed by atoms with van der Waals surface area (Å²) in [7, 11) is 0. The van der Waals surface area contributed by atoms with Crippen molar-refractivity contribution in [3.63, 3.8) is 0 Å². The first-order chi connectivity index (χ1) is 23.7. The largest absolute Gasteiger partial charge is 0.490 e. The Bertz CT molecular complexity index is 1650. The highest BCUT2D eigenvalue weighted by atomic mass is 19.4. The maximum absolute atomic E-state index is 14.4. The van der Waals surface area contributed by atoms with E-state index >= 15 is 0 Å². The molecule has 0 spiro atoms. The third-order valence-electron chi connectivity index (χ3n) is 7.05. The van der Waals surface area contributed by atoms with Gasteiger partial charge in [0.2, 0.25) is 0 Å². The Hall–Kier alpha value is -4.96. The molecule has 2 unspecified atom stereocenters. The molecule has 0 aliphatic carbocycles. The molecule has 5 rings (SSSR count). The standard InChI is InChI=1S/C34H26F8O8/c35-23-15-19(1-5-25(23)45-13-11-21-17-47-21)3-9-29(43)49-27-7-8-28(32(34(40,41)42)31(27)33(37,38)39)50-30(44)10-4-20-2-6-26(24(36)16-20)46-14-12-22-18-48-22/h1-10,15-16,21-22H,11-14,17-18H2. The van der Waals surface area contributed by atoms with E-state index in [9.17, 15) is 44.7 Å². The number of carbonyl (C=O) groups excluding carboxylic acids is 2. The molecule has 2 fully saturated rings. The van der Waals surface area contributed by atoms with Crippen LogP contribution in [0.4, 0.5) is 35.1 Å². The van der Waals surface area contributed by atoms with Gasteiger partial charge in [0.15, 0.2) is 23.1 Å². The molecule has 2 aliphatic rings. The molecule has 16 heteroatoms. The molecule has 2 atom stereocenters. The van der Waals surface area contributed by atoms with Gasteiger partial charge in [0.25, 0.3) is 0 Å². The fraction of sp³-hybridized carbons (Fsp3) is 0.294. The van der Waals surface area contributed by atoms with Crippen LogP contribution in [0.1, 0.15) is 35.1 Å².